The molecule has 3 amide bonds. The number of benzene rings is 1. The van der Waals surface area contributed by atoms with Crippen molar-refractivity contribution in [1.82, 2.24) is 10.2 Å². The number of rotatable bonds is 6. The molecular formula is C19H32N4O2. The second-order valence-electron chi connectivity index (χ2n) is 7.51. The van der Waals surface area contributed by atoms with Crippen LogP contribution in [0.25, 0.3) is 0 Å². The van der Waals surface area contributed by atoms with Crippen LogP contribution in [0.5, 0.6) is 0 Å². The number of anilines is 2. The number of hydrogen-bond acceptors (Lipinski definition) is 3. The number of nitrogens with zero attached hydrogens (tertiary/aromatic N) is 2. The summed E-state index contributed by atoms with van der Waals surface area (Å²) in [7, 11) is 3.94. The zero-order valence-electron chi connectivity index (χ0n) is 16.6. The van der Waals surface area contributed by atoms with Crippen LogP contribution in [0.3, 0.4) is 0 Å². The van der Waals surface area contributed by atoms with Crippen molar-refractivity contribution >= 4 is 23.3 Å². The van der Waals surface area contributed by atoms with Gasteiger partial charge in [0.05, 0.1) is 0 Å². The van der Waals surface area contributed by atoms with Gasteiger partial charge in [-0.1, -0.05) is 6.92 Å². The molecule has 0 aliphatic rings. The van der Waals surface area contributed by atoms with Crippen molar-refractivity contribution in [3.63, 3.8) is 0 Å². The first-order chi connectivity index (χ1) is 11.5. The lowest BCUT2D eigenvalue weighted by Crippen LogP contribution is -2.43. The number of amides is 3. The van der Waals surface area contributed by atoms with Crippen LogP contribution < -0.4 is 15.5 Å². The highest BCUT2D eigenvalue weighted by atomic mass is 16.2. The Morgan fingerprint density at radius 1 is 1.16 bits per heavy atom. The van der Waals surface area contributed by atoms with Gasteiger partial charge in [-0.05, 0) is 51.0 Å². The number of carbonyl (C=O) groups is 2. The molecule has 0 bridgehead atoms. The molecule has 2 N–H and O–H groups in total. The van der Waals surface area contributed by atoms with Gasteiger partial charge in [0, 0.05) is 51.0 Å². The Balaban J connectivity index is 3.04. The van der Waals surface area contributed by atoms with Gasteiger partial charge in [-0.3, -0.25) is 4.79 Å². The second kappa shape index (κ2) is 8.74. The molecule has 25 heavy (non-hydrogen) atoms. The van der Waals surface area contributed by atoms with Gasteiger partial charge in [0.2, 0.25) is 5.91 Å². The Kier molecular flexibility index (Phi) is 7.27. The Morgan fingerprint density at radius 2 is 1.80 bits per heavy atom. The summed E-state index contributed by atoms with van der Waals surface area (Å²) < 4.78 is 0. The first-order valence-electron chi connectivity index (χ1n) is 8.68. The SMILES string of the molecule is CCCN(Cc1cc(NC(=O)NC(C)(C)C)ccc1N(C)C)C(C)=O. The number of hydrogen-bond donors (Lipinski definition) is 2. The fourth-order valence-corrected chi connectivity index (χ4v) is 2.55. The first-order valence-corrected chi connectivity index (χ1v) is 8.68. The number of nitrogens with one attached hydrogen (secondary N) is 2. The largest absolute Gasteiger partial charge is 0.377 e. The Bertz CT molecular complexity index is 606. The summed E-state index contributed by atoms with van der Waals surface area (Å²) in [6.45, 7) is 10.7. The molecule has 0 heterocycles. The summed E-state index contributed by atoms with van der Waals surface area (Å²) in [6.07, 6.45) is 0.906. The highest BCUT2D eigenvalue weighted by Gasteiger charge is 2.16. The summed E-state index contributed by atoms with van der Waals surface area (Å²) in [5, 5.41) is 5.75. The van der Waals surface area contributed by atoms with E-state index in [0.29, 0.717) is 18.8 Å². The molecule has 1 aromatic carbocycles. The molecule has 140 valence electrons. The summed E-state index contributed by atoms with van der Waals surface area (Å²) >= 11 is 0. The second-order valence-corrected chi connectivity index (χ2v) is 7.51. The first kappa shape index (κ1) is 20.8. The van der Waals surface area contributed by atoms with Crippen molar-refractivity contribution in [2.75, 3.05) is 30.9 Å². The highest BCUT2D eigenvalue weighted by Crippen LogP contribution is 2.24. The van der Waals surface area contributed by atoms with Crippen molar-refractivity contribution in [2.24, 2.45) is 0 Å². The predicted molar refractivity (Wildman–Crippen MR) is 104 cm³/mol. The summed E-state index contributed by atoms with van der Waals surface area (Å²) in [5.41, 5.74) is 2.44. The van der Waals surface area contributed by atoms with Gasteiger partial charge < -0.3 is 20.4 Å². The maximum absolute atomic E-state index is 12.1. The smallest absolute Gasteiger partial charge is 0.319 e. The minimum Gasteiger partial charge on any atom is -0.377 e. The zero-order chi connectivity index (χ0) is 19.2. The van der Waals surface area contributed by atoms with Crippen molar-refractivity contribution < 1.29 is 9.59 Å². The van der Waals surface area contributed by atoms with Crippen LogP contribution in [0, 0.1) is 0 Å². The third-order valence-electron chi connectivity index (χ3n) is 3.61. The van der Waals surface area contributed by atoms with Gasteiger partial charge in [0.25, 0.3) is 0 Å². The molecule has 0 fully saturated rings. The van der Waals surface area contributed by atoms with Crippen LogP contribution >= 0.6 is 0 Å². The van der Waals surface area contributed by atoms with E-state index in [1.54, 1.807) is 6.92 Å². The molecule has 6 heteroatoms. The molecule has 0 aliphatic heterocycles. The standard InChI is InChI=1S/C19H32N4O2/c1-8-11-23(14(2)24)13-15-12-16(9-10-17(15)22(6)7)20-18(25)21-19(3,4)5/h9-10,12H,8,11,13H2,1-7H3,(H2,20,21,25). The Morgan fingerprint density at radius 3 is 2.28 bits per heavy atom. The summed E-state index contributed by atoms with van der Waals surface area (Å²) in [5.74, 6) is 0.0513. The average molecular weight is 348 g/mol. The lowest BCUT2D eigenvalue weighted by Gasteiger charge is -2.25. The van der Waals surface area contributed by atoms with E-state index < -0.39 is 0 Å². The van der Waals surface area contributed by atoms with E-state index in [0.717, 1.165) is 17.7 Å². The molecule has 6 nitrogen and oxygen atoms in total. The minimum absolute atomic E-state index is 0.0513. The van der Waals surface area contributed by atoms with Crippen molar-refractivity contribution in [1.29, 1.82) is 0 Å². The normalized spacial score (nSPS) is 11.0. The van der Waals surface area contributed by atoms with Crippen LogP contribution in [0.2, 0.25) is 0 Å². The highest BCUT2D eigenvalue weighted by molar-refractivity contribution is 5.90. The van der Waals surface area contributed by atoms with Crippen LogP contribution in [0.15, 0.2) is 18.2 Å². The fraction of sp³-hybridized carbons (Fsp3) is 0.579. The minimum atomic E-state index is -0.303. The van der Waals surface area contributed by atoms with E-state index >= 15 is 0 Å². The number of urea groups is 1. The van der Waals surface area contributed by atoms with Gasteiger partial charge in [-0.25, -0.2) is 4.79 Å². The summed E-state index contributed by atoms with van der Waals surface area (Å²) in [4.78, 5) is 27.8. The van der Waals surface area contributed by atoms with Gasteiger partial charge in [0.15, 0.2) is 0 Å². The average Bonchev–Trinajstić information content (AvgIpc) is 2.44. The van der Waals surface area contributed by atoms with E-state index in [4.69, 9.17) is 0 Å². The van der Waals surface area contributed by atoms with Gasteiger partial charge in [-0.2, -0.15) is 0 Å². The quantitative estimate of drug-likeness (QED) is 0.828. The lowest BCUT2D eigenvalue weighted by atomic mass is 10.1. The van der Waals surface area contributed by atoms with Crippen LogP contribution in [0.1, 0.15) is 46.6 Å². The van der Waals surface area contributed by atoms with Crippen LogP contribution in [-0.2, 0) is 11.3 Å². The zero-order valence-corrected chi connectivity index (χ0v) is 16.6. The monoisotopic (exact) mass is 348 g/mol. The molecule has 0 unspecified atom stereocenters. The summed E-state index contributed by atoms with van der Waals surface area (Å²) in [6, 6.07) is 5.53. The molecule has 0 saturated heterocycles. The Hall–Kier alpha value is -2.24. The maximum atomic E-state index is 12.1. The molecule has 0 aromatic heterocycles. The van der Waals surface area contributed by atoms with Crippen molar-refractivity contribution in [3.8, 4) is 0 Å². The molecule has 1 aromatic rings. The van der Waals surface area contributed by atoms with Gasteiger partial charge in [-0.15, -0.1) is 0 Å². The van der Waals surface area contributed by atoms with E-state index in [1.165, 1.54) is 0 Å². The van der Waals surface area contributed by atoms with Gasteiger partial charge >= 0.3 is 6.03 Å². The molecular weight excluding hydrogens is 316 g/mol. The fourth-order valence-electron chi connectivity index (χ4n) is 2.55. The van der Waals surface area contributed by atoms with Gasteiger partial charge in [0.1, 0.15) is 0 Å². The number of carbonyl (C=O) groups excluding carboxylic acids is 2. The lowest BCUT2D eigenvalue weighted by molar-refractivity contribution is -0.129. The third kappa shape index (κ3) is 7.03. The van der Waals surface area contributed by atoms with E-state index in [-0.39, 0.29) is 17.5 Å². The molecule has 1 rings (SSSR count). The topological polar surface area (TPSA) is 64.7 Å². The maximum Gasteiger partial charge on any atom is 0.319 e. The molecule has 0 spiro atoms. The Labute approximate surface area is 151 Å². The molecule has 0 radical (unpaired) electrons. The van der Waals surface area contributed by atoms with E-state index in [2.05, 4.69) is 17.6 Å². The van der Waals surface area contributed by atoms with E-state index in [1.807, 2.05) is 62.9 Å². The van der Waals surface area contributed by atoms with Crippen LogP contribution in [0.4, 0.5) is 16.2 Å². The van der Waals surface area contributed by atoms with Crippen molar-refractivity contribution in [2.45, 2.75) is 53.1 Å². The molecule has 0 atom stereocenters. The molecule has 0 aliphatic carbocycles. The van der Waals surface area contributed by atoms with Crippen molar-refractivity contribution in [3.05, 3.63) is 23.8 Å². The third-order valence-corrected chi connectivity index (χ3v) is 3.61. The van der Waals surface area contributed by atoms with Crippen LogP contribution in [-0.4, -0.2) is 43.0 Å². The predicted octanol–water partition coefficient (Wildman–Crippen LogP) is 3.43. The molecule has 0 saturated carbocycles. The van der Waals surface area contributed by atoms with E-state index in [9.17, 15) is 9.59 Å².